The Balaban J connectivity index is 1.44. The molecule has 1 saturated heterocycles. The van der Waals surface area contributed by atoms with Crippen LogP contribution in [0.25, 0.3) is 32.9 Å². The molecule has 4 N–H and O–H groups in total. The predicted molar refractivity (Wildman–Crippen MR) is 159 cm³/mol. The van der Waals surface area contributed by atoms with Crippen LogP contribution in [0, 0.1) is 0 Å². The van der Waals surface area contributed by atoms with E-state index in [0.717, 1.165) is 38.6 Å². The number of nitrogens with zero attached hydrogens (tertiary/aromatic N) is 5. The van der Waals surface area contributed by atoms with Gasteiger partial charge in [-0.15, -0.1) is 0 Å². The van der Waals surface area contributed by atoms with Crippen LogP contribution >= 0.6 is 0 Å². The highest BCUT2D eigenvalue weighted by atomic mass is 16.4. The van der Waals surface area contributed by atoms with Crippen molar-refractivity contribution in [2.75, 3.05) is 26.2 Å². The average molecular weight is 604 g/mol. The van der Waals surface area contributed by atoms with Crippen LogP contribution in [0.4, 0.5) is 0 Å². The van der Waals surface area contributed by atoms with E-state index in [1.165, 1.54) is 0 Å². The van der Waals surface area contributed by atoms with Gasteiger partial charge in [-0.2, -0.15) is 10.2 Å². The summed E-state index contributed by atoms with van der Waals surface area (Å²) < 4.78 is 3.41. The topological polar surface area (TPSA) is 189 Å². The maximum Gasteiger partial charge on any atom is 0.322 e. The summed E-state index contributed by atoms with van der Waals surface area (Å²) >= 11 is 0. The molecule has 0 unspecified atom stereocenters. The number of carbonyl (C=O) groups excluding carboxylic acids is 3. The fourth-order valence-corrected chi connectivity index (χ4v) is 5.60. The van der Waals surface area contributed by atoms with Crippen molar-refractivity contribution in [3.8, 4) is 11.1 Å². The summed E-state index contributed by atoms with van der Waals surface area (Å²) in [6.07, 6.45) is 2.80. The number of aromatic nitrogens is 4. The number of aliphatic carboxylic acids is 2. The number of aryl methyl sites for hydroxylation is 1. The molecule has 1 aliphatic heterocycles. The third-order valence-electron chi connectivity index (χ3n) is 7.83. The van der Waals surface area contributed by atoms with Crippen LogP contribution < -0.4 is 10.6 Å². The average Bonchev–Trinajstić information content (AvgIpc) is 3.57. The second-order valence-electron chi connectivity index (χ2n) is 10.8. The standard InChI is InChI=1S/C30H33N7O7/c1-35-23-13-19(5-6-20(23)14-33-35)21-3-2-4-22-29(21)30(18-9-11-36(12-10-18)26(40)7-8-27(41)42)34-37(22)17-25(39)31-15-24(38)32-16-28(43)44/h2-6,13-14,18H,7-12,15-17H2,1H3,(H,31,39)(H,32,38)(H,41,42)(H,43,44). The van der Waals surface area contributed by atoms with Gasteiger partial charge >= 0.3 is 11.9 Å². The minimum Gasteiger partial charge on any atom is -0.481 e. The molecule has 0 saturated carbocycles. The van der Waals surface area contributed by atoms with E-state index in [0.29, 0.717) is 25.9 Å². The molecule has 0 aliphatic carbocycles. The van der Waals surface area contributed by atoms with E-state index in [1.54, 1.807) is 20.5 Å². The molecule has 44 heavy (non-hydrogen) atoms. The number of piperidine rings is 1. The van der Waals surface area contributed by atoms with Gasteiger partial charge < -0.3 is 25.7 Å². The molecule has 5 rings (SSSR count). The van der Waals surface area contributed by atoms with Gasteiger partial charge in [0.2, 0.25) is 17.7 Å². The largest absolute Gasteiger partial charge is 0.481 e. The van der Waals surface area contributed by atoms with E-state index in [2.05, 4.69) is 21.8 Å². The van der Waals surface area contributed by atoms with E-state index in [1.807, 2.05) is 37.4 Å². The quantitative estimate of drug-likeness (QED) is 0.197. The normalized spacial score (nSPS) is 13.7. The number of amides is 3. The lowest BCUT2D eigenvalue weighted by molar-refractivity contribution is -0.141. The van der Waals surface area contributed by atoms with E-state index in [4.69, 9.17) is 15.3 Å². The van der Waals surface area contributed by atoms with Gasteiger partial charge in [-0.3, -0.25) is 33.3 Å². The summed E-state index contributed by atoms with van der Waals surface area (Å²) in [6.45, 7) is -0.152. The van der Waals surface area contributed by atoms with Gasteiger partial charge in [-0.1, -0.05) is 24.3 Å². The van der Waals surface area contributed by atoms with Crippen molar-refractivity contribution in [3.63, 3.8) is 0 Å². The molecule has 2 aromatic carbocycles. The molecule has 1 fully saturated rings. The van der Waals surface area contributed by atoms with Crippen molar-refractivity contribution in [3.05, 3.63) is 48.3 Å². The first kappa shape index (κ1) is 30.2. The van der Waals surface area contributed by atoms with Crippen LogP contribution in [0.15, 0.2) is 42.6 Å². The number of likely N-dealkylation sites (tertiary alicyclic amines) is 1. The minimum absolute atomic E-state index is 0.0197. The number of fused-ring (bicyclic) bond motifs is 2. The zero-order valence-electron chi connectivity index (χ0n) is 24.2. The highest BCUT2D eigenvalue weighted by Crippen LogP contribution is 2.39. The maximum atomic E-state index is 12.9. The van der Waals surface area contributed by atoms with Gasteiger partial charge in [0.1, 0.15) is 13.1 Å². The summed E-state index contributed by atoms with van der Waals surface area (Å²) in [5.74, 6) is -3.48. The van der Waals surface area contributed by atoms with Crippen LogP contribution in [0.5, 0.6) is 0 Å². The lowest BCUT2D eigenvalue weighted by atomic mass is 9.89. The number of nitrogens with one attached hydrogen (secondary N) is 2. The summed E-state index contributed by atoms with van der Waals surface area (Å²) in [4.78, 5) is 60.6. The molecule has 14 nitrogen and oxygen atoms in total. The number of carboxylic acid groups (broad SMARTS) is 2. The lowest BCUT2D eigenvalue weighted by Gasteiger charge is -2.31. The Labute approximate surface area is 251 Å². The highest BCUT2D eigenvalue weighted by Gasteiger charge is 2.29. The third-order valence-corrected chi connectivity index (χ3v) is 7.83. The smallest absolute Gasteiger partial charge is 0.322 e. The molecule has 3 heterocycles. The summed E-state index contributed by atoms with van der Waals surface area (Å²) in [5.41, 5.74) is 4.37. The SMILES string of the molecule is Cn1ncc2ccc(-c3cccc4c3c(C3CCN(C(=O)CCC(=O)O)CC3)nn4CC(=O)NCC(=O)NCC(=O)O)cc21. The molecule has 4 aromatic rings. The Morgan fingerprint density at radius 1 is 0.909 bits per heavy atom. The maximum absolute atomic E-state index is 12.9. The van der Waals surface area contributed by atoms with Crippen LogP contribution in [0.3, 0.4) is 0 Å². The van der Waals surface area contributed by atoms with Crippen molar-refractivity contribution in [1.82, 2.24) is 35.1 Å². The number of hydrogen-bond acceptors (Lipinski definition) is 7. The fourth-order valence-electron chi connectivity index (χ4n) is 5.60. The summed E-state index contributed by atoms with van der Waals surface area (Å²) in [5, 5.41) is 33.5. The Morgan fingerprint density at radius 3 is 2.39 bits per heavy atom. The molecule has 1 aliphatic rings. The number of carbonyl (C=O) groups is 5. The van der Waals surface area contributed by atoms with Crippen molar-refractivity contribution in [1.29, 1.82) is 0 Å². The first-order chi connectivity index (χ1) is 21.1. The molecule has 230 valence electrons. The lowest BCUT2D eigenvalue weighted by Crippen LogP contribution is -2.40. The van der Waals surface area contributed by atoms with Crippen LogP contribution in [-0.2, 0) is 37.6 Å². The van der Waals surface area contributed by atoms with Gasteiger partial charge in [-0.05, 0) is 36.1 Å². The number of carboxylic acids is 2. The zero-order chi connectivity index (χ0) is 31.4. The van der Waals surface area contributed by atoms with E-state index < -0.39 is 30.3 Å². The molecule has 14 heteroatoms. The van der Waals surface area contributed by atoms with Crippen LogP contribution in [0.2, 0.25) is 0 Å². The second kappa shape index (κ2) is 12.9. The van der Waals surface area contributed by atoms with Gasteiger partial charge in [0.15, 0.2) is 0 Å². The Morgan fingerprint density at radius 2 is 1.66 bits per heavy atom. The van der Waals surface area contributed by atoms with Gasteiger partial charge in [0, 0.05) is 43.2 Å². The van der Waals surface area contributed by atoms with Gasteiger partial charge in [-0.25, -0.2) is 0 Å². The summed E-state index contributed by atoms with van der Waals surface area (Å²) in [7, 11) is 1.88. The Bertz CT molecular complexity index is 1750. The van der Waals surface area contributed by atoms with Crippen molar-refractivity contribution in [2.45, 2.75) is 38.1 Å². The first-order valence-corrected chi connectivity index (χ1v) is 14.3. The monoisotopic (exact) mass is 603 g/mol. The molecule has 3 amide bonds. The molecule has 0 radical (unpaired) electrons. The molecule has 0 atom stereocenters. The molecule has 2 aromatic heterocycles. The Hall–Kier alpha value is -5.27. The Kier molecular flexibility index (Phi) is 8.88. The molecular formula is C30H33N7O7. The minimum atomic E-state index is -1.19. The first-order valence-electron chi connectivity index (χ1n) is 14.3. The predicted octanol–water partition coefficient (Wildman–Crippen LogP) is 1.48. The van der Waals surface area contributed by atoms with Crippen molar-refractivity contribution in [2.24, 2.45) is 7.05 Å². The number of benzene rings is 2. The van der Waals surface area contributed by atoms with Gasteiger partial charge in [0.05, 0.1) is 35.9 Å². The van der Waals surface area contributed by atoms with Crippen LogP contribution in [-0.4, -0.2) is 90.5 Å². The van der Waals surface area contributed by atoms with E-state index in [-0.39, 0.29) is 37.8 Å². The van der Waals surface area contributed by atoms with Crippen molar-refractivity contribution < 1.29 is 34.2 Å². The highest BCUT2D eigenvalue weighted by molar-refractivity contribution is 5.99. The van der Waals surface area contributed by atoms with E-state index >= 15 is 0 Å². The number of hydrogen-bond donors (Lipinski definition) is 4. The number of rotatable bonds is 11. The molecule has 0 bridgehead atoms. The van der Waals surface area contributed by atoms with Crippen molar-refractivity contribution >= 4 is 51.5 Å². The molecule has 0 spiro atoms. The van der Waals surface area contributed by atoms with Gasteiger partial charge in [0.25, 0.3) is 0 Å². The molecular weight excluding hydrogens is 570 g/mol. The van der Waals surface area contributed by atoms with E-state index in [9.17, 15) is 24.0 Å². The fraction of sp³-hybridized carbons (Fsp3) is 0.367. The third kappa shape index (κ3) is 6.69. The van der Waals surface area contributed by atoms with Crippen LogP contribution in [0.1, 0.15) is 37.3 Å². The summed E-state index contributed by atoms with van der Waals surface area (Å²) in [6, 6.07) is 11.9. The zero-order valence-corrected chi connectivity index (χ0v) is 24.2. The second-order valence-corrected chi connectivity index (χ2v) is 10.8.